The second kappa shape index (κ2) is 5.37. The Labute approximate surface area is 132 Å². The molecule has 0 amide bonds. The lowest BCUT2D eigenvalue weighted by atomic mass is 10.1. The summed E-state index contributed by atoms with van der Waals surface area (Å²) < 4.78 is 0.922. The van der Waals surface area contributed by atoms with Crippen molar-refractivity contribution in [1.29, 1.82) is 0 Å². The minimum absolute atomic E-state index is 0.727. The fourth-order valence-corrected chi connectivity index (χ4v) is 2.75. The molecular formula is C17H16BrN3. The molecule has 0 aliphatic heterocycles. The van der Waals surface area contributed by atoms with Crippen molar-refractivity contribution in [3.63, 3.8) is 0 Å². The van der Waals surface area contributed by atoms with Crippen molar-refractivity contribution in [2.45, 2.75) is 13.8 Å². The molecule has 0 spiro atoms. The number of aromatic nitrogens is 1. The molecule has 3 nitrogen and oxygen atoms in total. The Morgan fingerprint density at radius 2 is 1.81 bits per heavy atom. The normalized spacial score (nSPS) is 10.8. The van der Waals surface area contributed by atoms with Crippen LogP contribution in [0.3, 0.4) is 0 Å². The van der Waals surface area contributed by atoms with Crippen LogP contribution >= 0.6 is 15.9 Å². The highest BCUT2D eigenvalue weighted by molar-refractivity contribution is 9.10. The molecule has 2 aromatic carbocycles. The number of aryl methyl sites for hydroxylation is 2. The molecule has 0 atom stereocenters. The molecule has 1 aromatic heterocycles. The van der Waals surface area contributed by atoms with Crippen LogP contribution in [0.5, 0.6) is 0 Å². The minimum atomic E-state index is 0.727. The summed E-state index contributed by atoms with van der Waals surface area (Å²) in [6.45, 7) is 4.19. The predicted molar refractivity (Wildman–Crippen MR) is 93.1 cm³/mol. The summed E-state index contributed by atoms with van der Waals surface area (Å²) in [4.78, 5) is 4.50. The summed E-state index contributed by atoms with van der Waals surface area (Å²) in [5, 5.41) is 4.40. The molecule has 0 aliphatic rings. The van der Waals surface area contributed by atoms with Crippen LogP contribution in [0.2, 0.25) is 0 Å². The van der Waals surface area contributed by atoms with Crippen LogP contribution in [0, 0.1) is 13.8 Å². The van der Waals surface area contributed by atoms with E-state index in [2.05, 4.69) is 58.3 Å². The molecule has 3 aromatic rings. The van der Waals surface area contributed by atoms with Crippen molar-refractivity contribution in [3.8, 4) is 0 Å². The lowest BCUT2D eigenvalue weighted by Crippen LogP contribution is -1.97. The first-order chi connectivity index (χ1) is 10.0. The molecule has 0 radical (unpaired) electrons. The van der Waals surface area contributed by atoms with Gasteiger partial charge in [-0.15, -0.1) is 0 Å². The maximum absolute atomic E-state index is 6.05. The number of pyridine rings is 1. The van der Waals surface area contributed by atoms with Crippen molar-refractivity contribution in [2.75, 3.05) is 11.1 Å². The molecule has 0 fully saturated rings. The Hall–Kier alpha value is -2.07. The van der Waals surface area contributed by atoms with Crippen LogP contribution in [0.15, 0.2) is 47.1 Å². The number of rotatable bonds is 2. The molecule has 0 saturated heterocycles. The number of nitrogen functional groups attached to an aromatic ring is 1. The maximum atomic E-state index is 6.05. The molecule has 0 bridgehead atoms. The number of benzene rings is 2. The van der Waals surface area contributed by atoms with Crippen molar-refractivity contribution in [2.24, 2.45) is 0 Å². The van der Waals surface area contributed by atoms with Crippen molar-refractivity contribution in [1.82, 2.24) is 4.98 Å². The van der Waals surface area contributed by atoms with Gasteiger partial charge in [0, 0.05) is 27.4 Å². The van der Waals surface area contributed by atoms with Crippen LogP contribution < -0.4 is 11.1 Å². The number of nitrogens with zero attached hydrogens (tertiary/aromatic N) is 1. The van der Waals surface area contributed by atoms with E-state index in [1.165, 1.54) is 11.1 Å². The molecule has 3 N–H and O–H groups in total. The number of nitrogens with one attached hydrogen (secondary N) is 1. The van der Waals surface area contributed by atoms with E-state index >= 15 is 0 Å². The van der Waals surface area contributed by atoms with Crippen LogP contribution in [-0.4, -0.2) is 4.98 Å². The second-order valence-corrected chi connectivity index (χ2v) is 6.11. The van der Waals surface area contributed by atoms with E-state index < -0.39 is 0 Å². The van der Waals surface area contributed by atoms with Crippen molar-refractivity contribution in [3.05, 3.63) is 58.2 Å². The van der Waals surface area contributed by atoms with Crippen LogP contribution in [0.4, 0.5) is 17.1 Å². The number of anilines is 3. The molecule has 0 saturated carbocycles. The summed E-state index contributed by atoms with van der Waals surface area (Å²) in [7, 11) is 0. The molecule has 0 aliphatic carbocycles. The van der Waals surface area contributed by atoms with Gasteiger partial charge in [0.25, 0.3) is 0 Å². The lowest BCUT2D eigenvalue weighted by molar-refractivity contribution is 1.35. The summed E-state index contributed by atoms with van der Waals surface area (Å²) in [6, 6.07) is 12.2. The Bertz CT molecular complexity index is 828. The number of halogens is 1. The molecule has 3 rings (SSSR count). The lowest BCUT2D eigenvalue weighted by Gasteiger charge is -2.13. The smallest absolute Gasteiger partial charge is 0.0958 e. The summed E-state index contributed by atoms with van der Waals surface area (Å²) >= 11 is 3.44. The van der Waals surface area contributed by atoms with Crippen LogP contribution in [0.25, 0.3) is 10.9 Å². The van der Waals surface area contributed by atoms with Crippen LogP contribution in [-0.2, 0) is 0 Å². The molecule has 21 heavy (non-hydrogen) atoms. The molecule has 106 valence electrons. The Morgan fingerprint density at radius 1 is 1.05 bits per heavy atom. The number of nitrogens with two attached hydrogens (primary N) is 1. The standard InChI is InChI=1S/C17H16BrN3/c1-10-3-5-15(11(2)7-10)21-16-6-4-14(19)13-8-12(18)9-20-17(13)16/h3-9,21H,19H2,1-2H3. The second-order valence-electron chi connectivity index (χ2n) is 5.20. The third-order valence-corrected chi connectivity index (χ3v) is 3.93. The van der Waals surface area contributed by atoms with Gasteiger partial charge in [0.15, 0.2) is 0 Å². The van der Waals surface area contributed by atoms with Crippen LogP contribution in [0.1, 0.15) is 11.1 Å². The number of fused-ring (bicyclic) bond motifs is 1. The van der Waals surface area contributed by atoms with Gasteiger partial charge in [-0.05, 0) is 59.6 Å². The van der Waals surface area contributed by atoms with Gasteiger partial charge in [0.1, 0.15) is 0 Å². The third kappa shape index (κ3) is 2.72. The maximum Gasteiger partial charge on any atom is 0.0958 e. The minimum Gasteiger partial charge on any atom is -0.398 e. The fraction of sp³-hybridized carbons (Fsp3) is 0.118. The zero-order valence-electron chi connectivity index (χ0n) is 11.9. The van der Waals surface area contributed by atoms with Gasteiger partial charge in [-0.25, -0.2) is 0 Å². The highest BCUT2D eigenvalue weighted by Crippen LogP contribution is 2.31. The van der Waals surface area contributed by atoms with Gasteiger partial charge < -0.3 is 11.1 Å². The van der Waals surface area contributed by atoms with Gasteiger partial charge in [0.05, 0.1) is 11.2 Å². The molecule has 4 heteroatoms. The first-order valence-electron chi connectivity index (χ1n) is 6.72. The highest BCUT2D eigenvalue weighted by Gasteiger charge is 2.08. The largest absolute Gasteiger partial charge is 0.398 e. The van der Waals surface area contributed by atoms with Gasteiger partial charge in [-0.1, -0.05) is 17.7 Å². The Morgan fingerprint density at radius 3 is 2.57 bits per heavy atom. The zero-order chi connectivity index (χ0) is 15.0. The van der Waals surface area contributed by atoms with E-state index in [1.54, 1.807) is 6.20 Å². The van der Waals surface area contributed by atoms with Gasteiger partial charge in [-0.2, -0.15) is 0 Å². The SMILES string of the molecule is Cc1ccc(Nc2ccc(N)c3cc(Br)cnc23)c(C)c1. The van der Waals surface area contributed by atoms with Crippen molar-refractivity contribution >= 4 is 43.9 Å². The first kappa shape index (κ1) is 13.9. The van der Waals surface area contributed by atoms with E-state index in [4.69, 9.17) is 5.73 Å². The molecule has 1 heterocycles. The number of hydrogen-bond acceptors (Lipinski definition) is 3. The summed E-state index contributed by atoms with van der Waals surface area (Å²) in [5.74, 6) is 0. The average molecular weight is 342 g/mol. The summed E-state index contributed by atoms with van der Waals surface area (Å²) in [6.07, 6.45) is 1.79. The number of hydrogen-bond donors (Lipinski definition) is 2. The fourth-order valence-electron chi connectivity index (χ4n) is 2.42. The van der Waals surface area contributed by atoms with E-state index in [0.717, 1.165) is 32.4 Å². The van der Waals surface area contributed by atoms with E-state index in [1.807, 2.05) is 18.2 Å². The predicted octanol–water partition coefficient (Wildman–Crippen LogP) is 4.94. The quantitative estimate of drug-likeness (QED) is 0.649. The third-order valence-electron chi connectivity index (χ3n) is 3.50. The first-order valence-corrected chi connectivity index (χ1v) is 7.52. The van der Waals surface area contributed by atoms with E-state index in [0.29, 0.717) is 0 Å². The Kier molecular flexibility index (Phi) is 3.55. The van der Waals surface area contributed by atoms with Crippen molar-refractivity contribution < 1.29 is 0 Å². The Balaban J connectivity index is 2.11. The van der Waals surface area contributed by atoms with E-state index in [9.17, 15) is 0 Å². The molecular weight excluding hydrogens is 326 g/mol. The average Bonchev–Trinajstić information content (AvgIpc) is 2.45. The van der Waals surface area contributed by atoms with Gasteiger partial charge in [-0.3, -0.25) is 4.98 Å². The molecule has 0 unspecified atom stereocenters. The zero-order valence-corrected chi connectivity index (χ0v) is 13.5. The van der Waals surface area contributed by atoms with E-state index in [-0.39, 0.29) is 0 Å². The monoisotopic (exact) mass is 341 g/mol. The van der Waals surface area contributed by atoms with Gasteiger partial charge >= 0.3 is 0 Å². The summed E-state index contributed by atoms with van der Waals surface area (Å²) in [5.41, 5.74) is 12.1. The van der Waals surface area contributed by atoms with Gasteiger partial charge in [0.2, 0.25) is 0 Å². The highest BCUT2D eigenvalue weighted by atomic mass is 79.9. The topological polar surface area (TPSA) is 50.9 Å².